The zero-order valence-electron chi connectivity index (χ0n) is 15.5. The molecule has 3 aromatic carbocycles. The minimum atomic E-state index is 0.176. The van der Waals surface area contributed by atoms with Crippen LogP contribution in [0.25, 0.3) is 11.1 Å². The summed E-state index contributed by atoms with van der Waals surface area (Å²) in [7, 11) is 0. The van der Waals surface area contributed by atoms with Crippen LogP contribution in [-0.2, 0) is 11.8 Å². The molecule has 0 atom stereocenters. The van der Waals surface area contributed by atoms with Crippen molar-refractivity contribution in [3.05, 3.63) is 83.9 Å². The van der Waals surface area contributed by atoms with E-state index in [4.69, 9.17) is 4.74 Å². The van der Waals surface area contributed by atoms with E-state index in [1.807, 2.05) is 12.1 Å². The van der Waals surface area contributed by atoms with Gasteiger partial charge in [-0.3, -0.25) is 0 Å². The summed E-state index contributed by atoms with van der Waals surface area (Å²) in [6.45, 7) is 6.25. The number of hydrogen-bond donors (Lipinski definition) is 1. The fourth-order valence-electron chi connectivity index (χ4n) is 3.64. The van der Waals surface area contributed by atoms with E-state index in [1.54, 1.807) is 0 Å². The maximum absolute atomic E-state index is 6.01. The smallest absolute Gasteiger partial charge is 0.119 e. The lowest BCUT2D eigenvalue weighted by atomic mass is 9.85. The first-order valence-corrected chi connectivity index (χ1v) is 9.28. The maximum atomic E-state index is 6.01. The van der Waals surface area contributed by atoms with Crippen molar-refractivity contribution in [3.8, 4) is 16.9 Å². The lowest BCUT2D eigenvalue weighted by Crippen LogP contribution is -2.18. The third kappa shape index (κ3) is 3.32. The van der Waals surface area contributed by atoms with E-state index in [9.17, 15) is 0 Å². The topological polar surface area (TPSA) is 21.3 Å². The van der Waals surface area contributed by atoms with Gasteiger partial charge in [0.05, 0.1) is 6.61 Å². The number of rotatable bonds is 5. The van der Waals surface area contributed by atoms with Crippen molar-refractivity contribution < 1.29 is 4.74 Å². The molecule has 0 unspecified atom stereocenters. The standard InChI is InChI=1S/C24H25NO/c1-24(2)17-25-23-21(12-7-13-22(23)24)19-10-6-11-20(16-19)26-15-14-18-8-4-3-5-9-18/h3-13,16,25H,14-15,17H2,1-2H3. The van der Waals surface area contributed by atoms with Crippen LogP contribution in [0.15, 0.2) is 72.8 Å². The Kier molecular flexibility index (Phi) is 4.42. The minimum Gasteiger partial charge on any atom is -0.493 e. The Labute approximate surface area is 155 Å². The van der Waals surface area contributed by atoms with Crippen LogP contribution in [0.2, 0.25) is 0 Å². The van der Waals surface area contributed by atoms with E-state index in [1.165, 1.54) is 27.9 Å². The van der Waals surface area contributed by atoms with Gasteiger partial charge in [0.15, 0.2) is 0 Å². The highest BCUT2D eigenvalue weighted by Gasteiger charge is 2.31. The zero-order chi connectivity index (χ0) is 18.0. The highest BCUT2D eigenvalue weighted by Crippen LogP contribution is 2.42. The number of anilines is 1. The van der Waals surface area contributed by atoms with Gasteiger partial charge in [-0.25, -0.2) is 0 Å². The van der Waals surface area contributed by atoms with Gasteiger partial charge in [0, 0.05) is 29.6 Å². The Bertz CT molecular complexity index is 899. The van der Waals surface area contributed by atoms with Gasteiger partial charge in [0.1, 0.15) is 5.75 Å². The molecule has 2 nitrogen and oxygen atoms in total. The number of benzene rings is 3. The van der Waals surface area contributed by atoms with E-state index in [0.717, 1.165) is 18.7 Å². The van der Waals surface area contributed by atoms with Crippen LogP contribution >= 0.6 is 0 Å². The third-order valence-corrected chi connectivity index (χ3v) is 5.15. The molecule has 0 saturated heterocycles. The number of para-hydroxylation sites is 1. The number of nitrogens with one attached hydrogen (secondary N) is 1. The molecular weight excluding hydrogens is 318 g/mol. The van der Waals surface area contributed by atoms with Crippen molar-refractivity contribution in [2.45, 2.75) is 25.7 Å². The van der Waals surface area contributed by atoms with E-state index in [0.29, 0.717) is 6.61 Å². The first kappa shape index (κ1) is 16.7. The largest absolute Gasteiger partial charge is 0.493 e. The molecule has 1 N–H and O–H groups in total. The molecule has 0 saturated carbocycles. The molecule has 1 aliphatic heterocycles. The lowest BCUT2D eigenvalue weighted by Gasteiger charge is -2.17. The molecule has 1 heterocycles. The van der Waals surface area contributed by atoms with Gasteiger partial charge in [0.2, 0.25) is 0 Å². The number of ether oxygens (including phenoxy) is 1. The van der Waals surface area contributed by atoms with Crippen molar-refractivity contribution in [1.82, 2.24) is 0 Å². The van der Waals surface area contributed by atoms with E-state index in [2.05, 4.69) is 79.8 Å². The Morgan fingerprint density at radius 2 is 1.73 bits per heavy atom. The van der Waals surface area contributed by atoms with Gasteiger partial charge in [-0.05, 0) is 28.8 Å². The summed E-state index contributed by atoms with van der Waals surface area (Å²) in [6.07, 6.45) is 0.918. The second-order valence-corrected chi connectivity index (χ2v) is 7.58. The summed E-state index contributed by atoms with van der Waals surface area (Å²) >= 11 is 0. The Morgan fingerprint density at radius 1 is 0.923 bits per heavy atom. The molecule has 0 bridgehead atoms. The van der Waals surface area contributed by atoms with Crippen LogP contribution in [-0.4, -0.2) is 13.2 Å². The highest BCUT2D eigenvalue weighted by atomic mass is 16.5. The Balaban J connectivity index is 1.53. The fourth-order valence-corrected chi connectivity index (χ4v) is 3.64. The monoisotopic (exact) mass is 343 g/mol. The van der Waals surface area contributed by atoms with Crippen LogP contribution in [0.3, 0.4) is 0 Å². The summed E-state index contributed by atoms with van der Waals surface area (Å²) in [5.74, 6) is 0.924. The molecule has 4 rings (SSSR count). The van der Waals surface area contributed by atoms with E-state index < -0.39 is 0 Å². The van der Waals surface area contributed by atoms with E-state index >= 15 is 0 Å². The fraction of sp³-hybridized carbons (Fsp3) is 0.250. The summed E-state index contributed by atoms with van der Waals surface area (Å²) < 4.78 is 6.01. The van der Waals surface area contributed by atoms with Crippen LogP contribution in [0.5, 0.6) is 5.75 Å². The Hall–Kier alpha value is -2.74. The molecule has 0 amide bonds. The van der Waals surface area contributed by atoms with Gasteiger partial charge in [0.25, 0.3) is 0 Å². The molecule has 2 heteroatoms. The minimum absolute atomic E-state index is 0.176. The van der Waals surface area contributed by atoms with Crippen molar-refractivity contribution in [2.24, 2.45) is 0 Å². The molecule has 0 spiro atoms. The maximum Gasteiger partial charge on any atom is 0.119 e. The SMILES string of the molecule is CC1(C)CNc2c(-c3cccc(OCCc4ccccc4)c3)cccc21. The van der Waals surface area contributed by atoms with Crippen LogP contribution in [0, 0.1) is 0 Å². The lowest BCUT2D eigenvalue weighted by molar-refractivity contribution is 0.322. The van der Waals surface area contributed by atoms with Crippen molar-refractivity contribution in [3.63, 3.8) is 0 Å². The molecule has 0 fully saturated rings. The summed E-state index contributed by atoms with van der Waals surface area (Å²) in [5, 5.41) is 3.60. The quantitative estimate of drug-likeness (QED) is 0.643. The molecule has 132 valence electrons. The normalized spacial score (nSPS) is 14.5. The first-order chi connectivity index (χ1) is 12.6. The molecule has 1 aliphatic rings. The Morgan fingerprint density at radius 3 is 2.58 bits per heavy atom. The zero-order valence-corrected chi connectivity index (χ0v) is 15.5. The van der Waals surface area contributed by atoms with Gasteiger partial charge in [-0.15, -0.1) is 0 Å². The van der Waals surface area contributed by atoms with Gasteiger partial charge in [-0.1, -0.05) is 74.5 Å². The van der Waals surface area contributed by atoms with E-state index in [-0.39, 0.29) is 5.41 Å². The first-order valence-electron chi connectivity index (χ1n) is 9.28. The molecule has 0 aliphatic carbocycles. The predicted octanol–water partition coefficient (Wildman–Crippen LogP) is 5.68. The van der Waals surface area contributed by atoms with Crippen LogP contribution < -0.4 is 10.1 Å². The molecule has 3 aromatic rings. The molecule has 0 radical (unpaired) electrons. The van der Waals surface area contributed by atoms with Gasteiger partial charge < -0.3 is 10.1 Å². The van der Waals surface area contributed by atoms with Crippen molar-refractivity contribution in [2.75, 3.05) is 18.5 Å². The predicted molar refractivity (Wildman–Crippen MR) is 109 cm³/mol. The molecule has 0 aromatic heterocycles. The van der Waals surface area contributed by atoms with Crippen molar-refractivity contribution >= 4 is 5.69 Å². The number of fused-ring (bicyclic) bond motifs is 1. The average molecular weight is 343 g/mol. The summed E-state index contributed by atoms with van der Waals surface area (Å²) in [6, 6.07) is 25.5. The summed E-state index contributed by atoms with van der Waals surface area (Å²) in [5.41, 5.74) is 6.58. The highest BCUT2D eigenvalue weighted by molar-refractivity contribution is 5.83. The molecule has 26 heavy (non-hydrogen) atoms. The second-order valence-electron chi connectivity index (χ2n) is 7.58. The van der Waals surface area contributed by atoms with Crippen LogP contribution in [0.4, 0.5) is 5.69 Å². The second kappa shape index (κ2) is 6.87. The molecular formula is C24H25NO. The summed E-state index contributed by atoms with van der Waals surface area (Å²) in [4.78, 5) is 0. The number of hydrogen-bond acceptors (Lipinski definition) is 2. The van der Waals surface area contributed by atoms with Gasteiger partial charge >= 0.3 is 0 Å². The average Bonchev–Trinajstić information content (AvgIpc) is 2.98. The van der Waals surface area contributed by atoms with Gasteiger partial charge in [-0.2, -0.15) is 0 Å². The van der Waals surface area contributed by atoms with Crippen molar-refractivity contribution in [1.29, 1.82) is 0 Å². The third-order valence-electron chi connectivity index (χ3n) is 5.15. The van der Waals surface area contributed by atoms with Crippen LogP contribution in [0.1, 0.15) is 25.0 Å².